The standard InChI is InChI=1S/C16H30/c1-7-9-14(10-8-2)11-15(5)12-16(15,6)13(3)4/h11,13H,7-10,12H2,1-6H3. The molecule has 94 valence electrons. The van der Waals surface area contributed by atoms with E-state index in [4.69, 9.17) is 0 Å². The first-order chi connectivity index (χ1) is 7.39. The molecule has 1 rings (SSSR count). The highest BCUT2D eigenvalue weighted by Gasteiger charge is 2.60. The van der Waals surface area contributed by atoms with Gasteiger partial charge in [-0.3, -0.25) is 0 Å². The van der Waals surface area contributed by atoms with Gasteiger partial charge in [-0.25, -0.2) is 0 Å². The van der Waals surface area contributed by atoms with Crippen LogP contribution in [0.5, 0.6) is 0 Å². The average Bonchev–Trinajstić information content (AvgIpc) is 2.71. The second kappa shape index (κ2) is 4.94. The lowest BCUT2D eigenvalue weighted by molar-refractivity contribution is 0.328. The summed E-state index contributed by atoms with van der Waals surface area (Å²) in [6.07, 6.45) is 9.20. The lowest BCUT2D eigenvalue weighted by Gasteiger charge is -2.21. The maximum atomic E-state index is 2.62. The second-order valence-electron chi connectivity index (χ2n) is 6.47. The molecule has 0 amide bonds. The van der Waals surface area contributed by atoms with Crippen molar-refractivity contribution in [1.82, 2.24) is 0 Å². The van der Waals surface area contributed by atoms with Crippen LogP contribution in [0.1, 0.15) is 73.6 Å². The van der Waals surface area contributed by atoms with Gasteiger partial charge in [-0.1, -0.05) is 66.0 Å². The van der Waals surface area contributed by atoms with Crippen molar-refractivity contribution in [2.75, 3.05) is 0 Å². The van der Waals surface area contributed by atoms with Gasteiger partial charge in [0.15, 0.2) is 0 Å². The van der Waals surface area contributed by atoms with Crippen LogP contribution in [0.3, 0.4) is 0 Å². The van der Waals surface area contributed by atoms with Gasteiger partial charge in [0.05, 0.1) is 0 Å². The van der Waals surface area contributed by atoms with E-state index in [1.54, 1.807) is 5.57 Å². The van der Waals surface area contributed by atoms with E-state index in [1.807, 2.05) is 0 Å². The van der Waals surface area contributed by atoms with Gasteiger partial charge in [-0.2, -0.15) is 0 Å². The molecule has 1 aliphatic carbocycles. The monoisotopic (exact) mass is 222 g/mol. The number of rotatable bonds is 6. The van der Waals surface area contributed by atoms with E-state index in [1.165, 1.54) is 32.1 Å². The van der Waals surface area contributed by atoms with Crippen molar-refractivity contribution >= 4 is 0 Å². The van der Waals surface area contributed by atoms with Gasteiger partial charge >= 0.3 is 0 Å². The summed E-state index contributed by atoms with van der Waals surface area (Å²) in [5, 5.41) is 0. The van der Waals surface area contributed by atoms with E-state index in [2.05, 4.69) is 47.6 Å². The first-order valence-corrected chi connectivity index (χ1v) is 7.10. The van der Waals surface area contributed by atoms with Crippen molar-refractivity contribution in [2.45, 2.75) is 73.6 Å². The molecule has 16 heavy (non-hydrogen) atoms. The van der Waals surface area contributed by atoms with Crippen LogP contribution < -0.4 is 0 Å². The molecule has 0 heteroatoms. The molecule has 2 unspecified atom stereocenters. The summed E-state index contributed by atoms with van der Waals surface area (Å²) in [7, 11) is 0. The van der Waals surface area contributed by atoms with Crippen LogP contribution in [0, 0.1) is 16.7 Å². The Bertz CT molecular complexity index is 253. The van der Waals surface area contributed by atoms with Gasteiger partial charge in [-0.15, -0.1) is 0 Å². The molecule has 0 saturated heterocycles. The van der Waals surface area contributed by atoms with Crippen LogP contribution in [0.4, 0.5) is 0 Å². The first kappa shape index (κ1) is 13.8. The normalized spacial score (nSPS) is 32.9. The molecule has 0 heterocycles. The Kier molecular flexibility index (Phi) is 4.26. The molecular weight excluding hydrogens is 192 g/mol. The predicted molar refractivity (Wildman–Crippen MR) is 73.6 cm³/mol. The van der Waals surface area contributed by atoms with Crippen molar-refractivity contribution in [3.63, 3.8) is 0 Å². The molecule has 2 atom stereocenters. The Morgan fingerprint density at radius 2 is 1.62 bits per heavy atom. The zero-order valence-corrected chi connectivity index (χ0v) is 12.2. The average molecular weight is 222 g/mol. The van der Waals surface area contributed by atoms with Gasteiger partial charge < -0.3 is 0 Å². The third-order valence-electron chi connectivity index (χ3n) is 4.85. The van der Waals surface area contributed by atoms with Crippen molar-refractivity contribution in [3.05, 3.63) is 11.6 Å². The molecule has 0 N–H and O–H groups in total. The van der Waals surface area contributed by atoms with Crippen molar-refractivity contribution in [3.8, 4) is 0 Å². The zero-order chi connectivity index (χ0) is 12.4. The van der Waals surface area contributed by atoms with Gasteiger partial charge in [0, 0.05) is 0 Å². The fourth-order valence-electron chi connectivity index (χ4n) is 3.16. The van der Waals surface area contributed by atoms with Gasteiger partial charge in [0.1, 0.15) is 0 Å². The minimum Gasteiger partial charge on any atom is -0.0788 e. The van der Waals surface area contributed by atoms with Gasteiger partial charge in [0.25, 0.3) is 0 Å². The summed E-state index contributed by atoms with van der Waals surface area (Å²) >= 11 is 0. The van der Waals surface area contributed by atoms with E-state index in [0.29, 0.717) is 10.8 Å². The summed E-state index contributed by atoms with van der Waals surface area (Å²) < 4.78 is 0. The highest BCUT2D eigenvalue weighted by molar-refractivity contribution is 5.24. The van der Waals surface area contributed by atoms with Crippen molar-refractivity contribution < 1.29 is 0 Å². The van der Waals surface area contributed by atoms with E-state index in [0.717, 1.165) is 5.92 Å². The summed E-state index contributed by atoms with van der Waals surface area (Å²) in [5.41, 5.74) is 2.75. The van der Waals surface area contributed by atoms with E-state index in [-0.39, 0.29) is 0 Å². The minimum absolute atomic E-state index is 0.487. The summed E-state index contributed by atoms with van der Waals surface area (Å²) in [6.45, 7) is 14.2. The zero-order valence-electron chi connectivity index (χ0n) is 12.2. The Morgan fingerprint density at radius 1 is 1.12 bits per heavy atom. The summed E-state index contributed by atoms with van der Waals surface area (Å²) in [4.78, 5) is 0. The minimum atomic E-state index is 0.487. The maximum Gasteiger partial charge on any atom is -0.00817 e. The predicted octanol–water partition coefficient (Wildman–Crippen LogP) is 5.59. The molecule has 0 radical (unpaired) electrons. The lowest BCUT2D eigenvalue weighted by Crippen LogP contribution is -2.13. The van der Waals surface area contributed by atoms with Crippen LogP contribution in [0.15, 0.2) is 11.6 Å². The number of hydrogen-bond acceptors (Lipinski definition) is 0. The van der Waals surface area contributed by atoms with Crippen molar-refractivity contribution in [2.24, 2.45) is 16.7 Å². The molecule has 0 spiro atoms. The van der Waals surface area contributed by atoms with Crippen LogP contribution in [0.25, 0.3) is 0 Å². The molecule has 1 fully saturated rings. The molecule has 1 saturated carbocycles. The third kappa shape index (κ3) is 2.52. The van der Waals surface area contributed by atoms with Crippen LogP contribution in [0.2, 0.25) is 0 Å². The fourth-order valence-corrected chi connectivity index (χ4v) is 3.16. The molecule has 0 bridgehead atoms. The van der Waals surface area contributed by atoms with Gasteiger partial charge in [0.2, 0.25) is 0 Å². The first-order valence-electron chi connectivity index (χ1n) is 7.10. The molecule has 1 aliphatic rings. The van der Waals surface area contributed by atoms with Gasteiger partial charge in [-0.05, 0) is 36.0 Å². The SMILES string of the molecule is CCCC(=CC1(C)CC1(C)C(C)C)CCC. The molecule has 0 aliphatic heterocycles. The van der Waals surface area contributed by atoms with E-state index >= 15 is 0 Å². The molecule has 0 aromatic carbocycles. The van der Waals surface area contributed by atoms with Crippen LogP contribution in [-0.4, -0.2) is 0 Å². The smallest absolute Gasteiger partial charge is 0.00817 e. The highest BCUT2D eigenvalue weighted by atomic mass is 14.6. The van der Waals surface area contributed by atoms with Crippen LogP contribution >= 0.6 is 0 Å². The quantitative estimate of drug-likeness (QED) is 0.514. The van der Waals surface area contributed by atoms with E-state index < -0.39 is 0 Å². The maximum absolute atomic E-state index is 2.62. The summed E-state index contributed by atoms with van der Waals surface area (Å²) in [6, 6.07) is 0. The molecule has 0 nitrogen and oxygen atoms in total. The molecule has 0 aromatic rings. The number of allylic oxidation sites excluding steroid dienone is 2. The van der Waals surface area contributed by atoms with Crippen molar-refractivity contribution in [1.29, 1.82) is 0 Å². The Morgan fingerprint density at radius 3 is 1.94 bits per heavy atom. The highest BCUT2D eigenvalue weighted by Crippen LogP contribution is 2.68. The molecule has 0 aromatic heterocycles. The Hall–Kier alpha value is -0.260. The van der Waals surface area contributed by atoms with E-state index in [9.17, 15) is 0 Å². The Balaban J connectivity index is 2.74. The summed E-state index contributed by atoms with van der Waals surface area (Å²) in [5.74, 6) is 0.804. The molecular formula is C16H30. The second-order valence-corrected chi connectivity index (χ2v) is 6.47. The third-order valence-corrected chi connectivity index (χ3v) is 4.85. The Labute approximate surface area is 103 Å². The largest absolute Gasteiger partial charge is 0.0788 e. The number of hydrogen-bond donors (Lipinski definition) is 0. The topological polar surface area (TPSA) is 0 Å². The fraction of sp³-hybridized carbons (Fsp3) is 0.875. The lowest BCUT2D eigenvalue weighted by atomic mass is 9.84. The van der Waals surface area contributed by atoms with Crippen LogP contribution in [-0.2, 0) is 0 Å².